The van der Waals surface area contributed by atoms with E-state index in [4.69, 9.17) is 5.73 Å². The first-order valence-corrected chi connectivity index (χ1v) is 4.88. The van der Waals surface area contributed by atoms with Crippen LogP contribution in [0.3, 0.4) is 0 Å². The number of nitrogens with two attached hydrogens (primary N) is 1. The molecule has 0 bridgehead atoms. The fourth-order valence-electron chi connectivity index (χ4n) is 1.43. The van der Waals surface area contributed by atoms with Crippen LogP contribution in [0.4, 0.5) is 5.69 Å². The highest BCUT2D eigenvalue weighted by molar-refractivity contribution is 5.97. The van der Waals surface area contributed by atoms with E-state index in [0.29, 0.717) is 17.7 Å². The summed E-state index contributed by atoms with van der Waals surface area (Å²) in [6, 6.07) is 7.29. The largest absolute Gasteiger partial charge is 0.399 e. The van der Waals surface area contributed by atoms with Crippen molar-refractivity contribution in [2.24, 2.45) is 0 Å². The molecule has 0 fully saturated rings. The zero-order valence-corrected chi connectivity index (χ0v) is 8.63. The van der Waals surface area contributed by atoms with Crippen molar-refractivity contribution in [3.05, 3.63) is 54.1 Å². The molecule has 1 aromatic carbocycles. The van der Waals surface area contributed by atoms with Crippen molar-refractivity contribution in [2.75, 3.05) is 5.73 Å². The second-order valence-corrected chi connectivity index (χ2v) is 3.47. The number of hydrogen-bond donors (Lipinski definition) is 1. The number of rotatable bonds is 3. The van der Waals surface area contributed by atoms with Crippen LogP contribution in [-0.2, 0) is 6.42 Å². The molecule has 0 radical (unpaired) electrons. The first-order chi connectivity index (χ1) is 7.75. The summed E-state index contributed by atoms with van der Waals surface area (Å²) in [5.74, 6) is -0.00815. The standard InChI is InChI=1S/C12H11N3O/c13-11-3-1-2-9(4-11)5-12(16)10-6-14-8-15-7-10/h1-4,6-8H,5,13H2. The third-order valence-corrected chi connectivity index (χ3v) is 2.20. The van der Waals surface area contributed by atoms with Crippen LogP contribution in [0.1, 0.15) is 15.9 Å². The number of ketones is 1. The molecule has 0 aliphatic rings. The number of Topliss-reactive ketones (excluding diaryl/α,β-unsaturated/α-hetero) is 1. The number of carbonyl (C=O) groups is 1. The molecular weight excluding hydrogens is 202 g/mol. The zero-order chi connectivity index (χ0) is 11.4. The summed E-state index contributed by atoms with van der Waals surface area (Å²) in [4.78, 5) is 19.4. The van der Waals surface area contributed by atoms with Gasteiger partial charge in [-0.3, -0.25) is 4.79 Å². The molecule has 4 heteroatoms. The number of nitrogens with zero attached hydrogens (tertiary/aromatic N) is 2. The van der Waals surface area contributed by atoms with Crippen molar-refractivity contribution in [3.8, 4) is 0 Å². The summed E-state index contributed by atoms with van der Waals surface area (Å²) >= 11 is 0. The molecule has 1 aromatic heterocycles. The molecule has 0 atom stereocenters. The maximum absolute atomic E-state index is 11.8. The van der Waals surface area contributed by atoms with Gasteiger partial charge in [-0.1, -0.05) is 12.1 Å². The molecular formula is C12H11N3O. The molecule has 0 spiro atoms. The normalized spacial score (nSPS) is 10.0. The molecule has 2 rings (SSSR count). The summed E-state index contributed by atoms with van der Waals surface area (Å²) in [5.41, 5.74) is 7.71. The number of hydrogen-bond acceptors (Lipinski definition) is 4. The molecule has 0 saturated carbocycles. The van der Waals surface area contributed by atoms with Crippen molar-refractivity contribution < 1.29 is 4.79 Å². The van der Waals surface area contributed by atoms with E-state index >= 15 is 0 Å². The van der Waals surface area contributed by atoms with Crippen LogP contribution in [0, 0.1) is 0 Å². The first kappa shape index (κ1) is 10.3. The highest BCUT2D eigenvalue weighted by Gasteiger charge is 2.07. The van der Waals surface area contributed by atoms with Crippen molar-refractivity contribution in [1.29, 1.82) is 0 Å². The van der Waals surface area contributed by atoms with Gasteiger partial charge in [-0.05, 0) is 17.7 Å². The Bertz CT molecular complexity index is 497. The zero-order valence-electron chi connectivity index (χ0n) is 8.63. The average molecular weight is 213 g/mol. The fourth-order valence-corrected chi connectivity index (χ4v) is 1.43. The molecule has 80 valence electrons. The van der Waals surface area contributed by atoms with Gasteiger partial charge in [0.1, 0.15) is 6.33 Å². The van der Waals surface area contributed by atoms with E-state index in [9.17, 15) is 4.79 Å². The van der Waals surface area contributed by atoms with Gasteiger partial charge in [-0.25, -0.2) is 9.97 Å². The maximum Gasteiger partial charge on any atom is 0.170 e. The Kier molecular flexibility index (Phi) is 2.91. The van der Waals surface area contributed by atoms with Crippen LogP contribution >= 0.6 is 0 Å². The highest BCUT2D eigenvalue weighted by Crippen LogP contribution is 2.09. The van der Waals surface area contributed by atoms with Gasteiger partial charge in [0.2, 0.25) is 0 Å². The summed E-state index contributed by atoms with van der Waals surface area (Å²) < 4.78 is 0. The van der Waals surface area contributed by atoms with Crippen molar-refractivity contribution in [3.63, 3.8) is 0 Å². The number of benzene rings is 1. The molecule has 16 heavy (non-hydrogen) atoms. The van der Waals surface area contributed by atoms with E-state index in [0.717, 1.165) is 5.56 Å². The van der Waals surface area contributed by atoms with E-state index in [2.05, 4.69) is 9.97 Å². The second-order valence-electron chi connectivity index (χ2n) is 3.47. The third-order valence-electron chi connectivity index (χ3n) is 2.20. The number of aromatic nitrogens is 2. The molecule has 1 heterocycles. The summed E-state index contributed by atoms with van der Waals surface area (Å²) in [6.45, 7) is 0. The van der Waals surface area contributed by atoms with Crippen molar-refractivity contribution >= 4 is 11.5 Å². The van der Waals surface area contributed by atoms with Gasteiger partial charge in [0.25, 0.3) is 0 Å². The monoisotopic (exact) mass is 213 g/mol. The van der Waals surface area contributed by atoms with Crippen molar-refractivity contribution in [1.82, 2.24) is 9.97 Å². The van der Waals surface area contributed by atoms with Crippen LogP contribution < -0.4 is 5.73 Å². The lowest BCUT2D eigenvalue weighted by Crippen LogP contribution is -2.04. The average Bonchev–Trinajstić information content (AvgIpc) is 2.30. The van der Waals surface area contributed by atoms with Gasteiger partial charge in [-0.15, -0.1) is 0 Å². The smallest absolute Gasteiger partial charge is 0.170 e. The summed E-state index contributed by atoms with van der Waals surface area (Å²) in [7, 11) is 0. The van der Waals surface area contributed by atoms with E-state index in [-0.39, 0.29) is 5.78 Å². The van der Waals surface area contributed by atoms with Crippen LogP contribution in [0.25, 0.3) is 0 Å². The lowest BCUT2D eigenvalue weighted by Gasteiger charge is -2.01. The highest BCUT2D eigenvalue weighted by atomic mass is 16.1. The molecule has 0 saturated heterocycles. The fraction of sp³-hybridized carbons (Fsp3) is 0.0833. The lowest BCUT2D eigenvalue weighted by atomic mass is 10.1. The predicted molar refractivity (Wildman–Crippen MR) is 60.9 cm³/mol. The molecule has 0 amide bonds. The Morgan fingerprint density at radius 2 is 2.00 bits per heavy atom. The topological polar surface area (TPSA) is 68.9 Å². The van der Waals surface area contributed by atoms with Crippen LogP contribution in [-0.4, -0.2) is 15.8 Å². The Morgan fingerprint density at radius 1 is 1.25 bits per heavy atom. The summed E-state index contributed by atoms with van der Waals surface area (Å²) in [5, 5.41) is 0. The van der Waals surface area contributed by atoms with E-state index < -0.39 is 0 Å². The molecule has 4 nitrogen and oxygen atoms in total. The van der Waals surface area contributed by atoms with Crippen LogP contribution in [0.5, 0.6) is 0 Å². The second kappa shape index (κ2) is 4.53. The number of nitrogen functional groups attached to an aromatic ring is 1. The minimum absolute atomic E-state index is 0.00815. The number of anilines is 1. The third kappa shape index (κ3) is 2.42. The Balaban J connectivity index is 2.14. The molecule has 2 N–H and O–H groups in total. The Morgan fingerprint density at radius 3 is 2.69 bits per heavy atom. The van der Waals surface area contributed by atoms with Gasteiger partial charge < -0.3 is 5.73 Å². The van der Waals surface area contributed by atoms with E-state index in [1.807, 2.05) is 12.1 Å². The minimum atomic E-state index is -0.00815. The van der Waals surface area contributed by atoms with E-state index in [1.165, 1.54) is 18.7 Å². The SMILES string of the molecule is Nc1cccc(CC(=O)c2cncnc2)c1. The van der Waals surface area contributed by atoms with Crippen LogP contribution in [0.15, 0.2) is 43.0 Å². The van der Waals surface area contributed by atoms with Crippen LogP contribution in [0.2, 0.25) is 0 Å². The molecule has 0 unspecified atom stereocenters. The summed E-state index contributed by atoms with van der Waals surface area (Å²) in [6.07, 6.45) is 4.75. The Labute approximate surface area is 93.2 Å². The van der Waals surface area contributed by atoms with E-state index in [1.54, 1.807) is 12.1 Å². The first-order valence-electron chi connectivity index (χ1n) is 4.88. The molecule has 0 aliphatic heterocycles. The minimum Gasteiger partial charge on any atom is -0.399 e. The van der Waals surface area contributed by atoms with Gasteiger partial charge in [0.05, 0.1) is 5.56 Å². The number of carbonyl (C=O) groups excluding carboxylic acids is 1. The van der Waals surface area contributed by atoms with Gasteiger partial charge in [-0.2, -0.15) is 0 Å². The molecule has 2 aromatic rings. The predicted octanol–water partition coefficient (Wildman–Crippen LogP) is 1.48. The molecule has 0 aliphatic carbocycles. The maximum atomic E-state index is 11.8. The quantitative estimate of drug-likeness (QED) is 0.619. The Hall–Kier alpha value is -2.23. The van der Waals surface area contributed by atoms with Gasteiger partial charge >= 0.3 is 0 Å². The van der Waals surface area contributed by atoms with Gasteiger partial charge in [0.15, 0.2) is 5.78 Å². The van der Waals surface area contributed by atoms with Crippen molar-refractivity contribution in [2.45, 2.75) is 6.42 Å². The van der Waals surface area contributed by atoms with Gasteiger partial charge in [0, 0.05) is 24.5 Å². The lowest BCUT2D eigenvalue weighted by molar-refractivity contribution is 0.0992.